The molecule has 1 saturated heterocycles. The third-order valence-electron chi connectivity index (χ3n) is 5.92. The lowest BCUT2D eigenvalue weighted by molar-refractivity contribution is 0.0929. The average molecular weight is 421 g/mol. The highest BCUT2D eigenvalue weighted by Crippen LogP contribution is 2.25. The molecule has 0 unspecified atom stereocenters. The van der Waals surface area contributed by atoms with E-state index in [1.807, 2.05) is 36.4 Å². The topological polar surface area (TPSA) is 71.8 Å². The van der Waals surface area contributed by atoms with Crippen molar-refractivity contribution in [1.29, 1.82) is 0 Å². The molecule has 0 aliphatic carbocycles. The molecule has 6 heteroatoms. The normalized spacial score (nSPS) is 15.9. The largest absolute Gasteiger partial charge is 0.497 e. The maximum absolute atomic E-state index is 12.9. The van der Waals surface area contributed by atoms with E-state index in [0.29, 0.717) is 12.1 Å². The first-order valence-corrected chi connectivity index (χ1v) is 10.8. The number of benzene rings is 2. The van der Waals surface area contributed by atoms with Crippen LogP contribution in [0.2, 0.25) is 0 Å². The summed E-state index contributed by atoms with van der Waals surface area (Å²) in [4.78, 5) is 27.7. The number of hydrogen-bond acceptors (Lipinski definition) is 5. The maximum Gasteiger partial charge on any atom is 0.349 e. The van der Waals surface area contributed by atoms with Crippen LogP contribution in [0, 0.1) is 0 Å². The van der Waals surface area contributed by atoms with E-state index in [0.717, 1.165) is 42.6 Å². The summed E-state index contributed by atoms with van der Waals surface area (Å²) in [5.74, 6) is 0.393. The van der Waals surface area contributed by atoms with Gasteiger partial charge in [-0.3, -0.25) is 9.69 Å². The smallest absolute Gasteiger partial charge is 0.349 e. The van der Waals surface area contributed by atoms with Crippen molar-refractivity contribution >= 4 is 16.9 Å². The molecule has 1 N–H and O–H groups in total. The van der Waals surface area contributed by atoms with Crippen molar-refractivity contribution in [1.82, 2.24) is 10.2 Å². The molecule has 1 amide bonds. The summed E-state index contributed by atoms with van der Waals surface area (Å²) in [6, 6.07) is 16.8. The molecule has 1 atom stereocenters. The molecule has 1 aliphatic rings. The Morgan fingerprint density at radius 1 is 1.06 bits per heavy atom. The van der Waals surface area contributed by atoms with Crippen LogP contribution in [0.15, 0.2) is 63.8 Å². The van der Waals surface area contributed by atoms with Crippen LogP contribution in [0.1, 0.15) is 47.6 Å². The molecule has 4 rings (SSSR count). The van der Waals surface area contributed by atoms with Crippen molar-refractivity contribution in [2.45, 2.75) is 31.7 Å². The van der Waals surface area contributed by atoms with Crippen molar-refractivity contribution in [3.05, 3.63) is 76.1 Å². The monoisotopic (exact) mass is 420 g/mol. The summed E-state index contributed by atoms with van der Waals surface area (Å²) in [5.41, 5.74) is 1.01. The standard InChI is InChI=1S/C25H28N2O4/c1-30-20-12-10-18(11-13-20)22(27-14-6-2-3-7-15-27)17-26-24(28)21-16-19-8-4-5-9-23(19)31-25(21)29/h4-5,8-13,16,22H,2-3,6-7,14-15,17H2,1H3,(H,26,28)/t22-/m0/s1. The molecular formula is C25H28N2O4. The van der Waals surface area contributed by atoms with Crippen LogP contribution in [-0.4, -0.2) is 37.6 Å². The summed E-state index contributed by atoms with van der Waals surface area (Å²) < 4.78 is 10.6. The molecule has 1 aromatic heterocycles. The second-order valence-electron chi connectivity index (χ2n) is 7.93. The number of fused-ring (bicyclic) bond motifs is 1. The summed E-state index contributed by atoms with van der Waals surface area (Å²) in [6.07, 6.45) is 4.76. The highest BCUT2D eigenvalue weighted by atomic mass is 16.5. The van der Waals surface area contributed by atoms with Gasteiger partial charge in [-0.15, -0.1) is 0 Å². The fourth-order valence-corrected chi connectivity index (χ4v) is 4.20. The molecule has 2 aromatic carbocycles. The number of carbonyl (C=O) groups is 1. The minimum absolute atomic E-state index is 0.0282. The van der Waals surface area contributed by atoms with Gasteiger partial charge in [0.25, 0.3) is 5.91 Å². The van der Waals surface area contributed by atoms with Gasteiger partial charge < -0.3 is 14.5 Å². The Hall–Kier alpha value is -3.12. The number of amides is 1. The van der Waals surface area contributed by atoms with Crippen LogP contribution in [0.3, 0.4) is 0 Å². The first kappa shape index (κ1) is 21.1. The lowest BCUT2D eigenvalue weighted by atomic mass is 10.0. The van der Waals surface area contributed by atoms with E-state index in [4.69, 9.17) is 9.15 Å². The number of carbonyl (C=O) groups excluding carboxylic acids is 1. The number of nitrogens with zero attached hydrogens (tertiary/aromatic N) is 1. The number of para-hydroxylation sites is 1. The van der Waals surface area contributed by atoms with Crippen LogP contribution in [-0.2, 0) is 0 Å². The summed E-state index contributed by atoms with van der Waals surface area (Å²) in [5, 5.41) is 3.71. The van der Waals surface area contributed by atoms with Crippen molar-refractivity contribution in [3.8, 4) is 5.75 Å². The Labute approximate surface area is 181 Å². The van der Waals surface area contributed by atoms with Gasteiger partial charge in [-0.1, -0.05) is 43.2 Å². The van der Waals surface area contributed by atoms with Gasteiger partial charge in [-0.2, -0.15) is 0 Å². The zero-order chi connectivity index (χ0) is 21.6. The van der Waals surface area contributed by atoms with Crippen LogP contribution in [0.25, 0.3) is 11.0 Å². The van der Waals surface area contributed by atoms with Crippen LogP contribution >= 0.6 is 0 Å². The van der Waals surface area contributed by atoms with E-state index in [1.165, 1.54) is 12.8 Å². The molecule has 0 spiro atoms. The Bertz CT molecular complexity index is 1080. The summed E-state index contributed by atoms with van der Waals surface area (Å²) >= 11 is 0. The summed E-state index contributed by atoms with van der Waals surface area (Å²) in [7, 11) is 1.65. The Kier molecular flexibility index (Phi) is 6.67. The second-order valence-corrected chi connectivity index (χ2v) is 7.93. The lowest BCUT2D eigenvalue weighted by Crippen LogP contribution is -2.39. The zero-order valence-corrected chi connectivity index (χ0v) is 17.8. The molecule has 3 aromatic rings. The van der Waals surface area contributed by atoms with Crippen molar-refractivity contribution in [2.75, 3.05) is 26.7 Å². The first-order valence-electron chi connectivity index (χ1n) is 10.8. The molecule has 1 aliphatic heterocycles. The van der Waals surface area contributed by atoms with Crippen LogP contribution in [0.5, 0.6) is 5.75 Å². The fourth-order valence-electron chi connectivity index (χ4n) is 4.20. The second kappa shape index (κ2) is 9.79. The van der Waals surface area contributed by atoms with E-state index in [2.05, 4.69) is 10.2 Å². The Morgan fingerprint density at radius 3 is 2.48 bits per heavy atom. The van der Waals surface area contributed by atoms with Crippen LogP contribution in [0.4, 0.5) is 0 Å². The molecule has 6 nitrogen and oxygen atoms in total. The lowest BCUT2D eigenvalue weighted by Gasteiger charge is -2.31. The number of ether oxygens (including phenoxy) is 1. The highest BCUT2D eigenvalue weighted by molar-refractivity contribution is 5.96. The number of rotatable bonds is 6. The SMILES string of the molecule is COc1ccc([C@H](CNC(=O)c2cc3ccccc3oc2=O)N2CCCCCC2)cc1. The average Bonchev–Trinajstić information content (AvgIpc) is 3.08. The maximum atomic E-state index is 12.9. The Balaban J connectivity index is 1.55. The van der Waals surface area contributed by atoms with Gasteiger partial charge in [0.2, 0.25) is 0 Å². The summed E-state index contributed by atoms with van der Waals surface area (Å²) in [6.45, 7) is 2.40. The van der Waals surface area contributed by atoms with E-state index >= 15 is 0 Å². The number of methoxy groups -OCH3 is 1. The third-order valence-corrected chi connectivity index (χ3v) is 5.92. The minimum atomic E-state index is -0.619. The highest BCUT2D eigenvalue weighted by Gasteiger charge is 2.23. The van der Waals surface area contributed by atoms with Gasteiger partial charge >= 0.3 is 5.63 Å². The van der Waals surface area contributed by atoms with Gasteiger partial charge in [0.1, 0.15) is 16.9 Å². The fraction of sp³-hybridized carbons (Fsp3) is 0.360. The number of nitrogens with one attached hydrogen (secondary N) is 1. The predicted molar refractivity (Wildman–Crippen MR) is 121 cm³/mol. The molecule has 0 saturated carbocycles. The number of likely N-dealkylation sites (tertiary alicyclic amines) is 1. The van der Waals surface area contributed by atoms with Crippen molar-refractivity contribution in [3.63, 3.8) is 0 Å². The van der Waals surface area contributed by atoms with Crippen LogP contribution < -0.4 is 15.7 Å². The minimum Gasteiger partial charge on any atom is -0.497 e. The van der Waals surface area contributed by atoms with E-state index in [9.17, 15) is 9.59 Å². The van der Waals surface area contributed by atoms with Gasteiger partial charge in [-0.25, -0.2) is 4.79 Å². The van der Waals surface area contributed by atoms with Gasteiger partial charge in [0.15, 0.2) is 0 Å². The third kappa shape index (κ3) is 4.97. The van der Waals surface area contributed by atoms with Gasteiger partial charge in [0.05, 0.1) is 13.2 Å². The van der Waals surface area contributed by atoms with E-state index < -0.39 is 11.5 Å². The molecule has 162 valence electrons. The van der Waals surface area contributed by atoms with Crippen molar-refractivity contribution < 1.29 is 13.9 Å². The zero-order valence-electron chi connectivity index (χ0n) is 17.8. The van der Waals surface area contributed by atoms with E-state index in [-0.39, 0.29) is 11.6 Å². The van der Waals surface area contributed by atoms with Gasteiger partial charge in [0, 0.05) is 11.9 Å². The molecule has 2 heterocycles. The van der Waals surface area contributed by atoms with Gasteiger partial charge in [-0.05, 0) is 55.8 Å². The van der Waals surface area contributed by atoms with E-state index in [1.54, 1.807) is 25.3 Å². The molecule has 1 fully saturated rings. The predicted octanol–water partition coefficient (Wildman–Crippen LogP) is 4.15. The molecule has 0 radical (unpaired) electrons. The van der Waals surface area contributed by atoms with Crippen molar-refractivity contribution in [2.24, 2.45) is 0 Å². The number of hydrogen-bond donors (Lipinski definition) is 1. The molecule has 0 bridgehead atoms. The molecular weight excluding hydrogens is 392 g/mol. The quantitative estimate of drug-likeness (QED) is 0.607. The molecule has 31 heavy (non-hydrogen) atoms. The Morgan fingerprint density at radius 2 is 1.77 bits per heavy atom. The first-order chi connectivity index (χ1) is 15.2.